The van der Waals surface area contributed by atoms with Crippen LogP contribution in [0.15, 0.2) is 24.3 Å². The number of para-hydroxylation sites is 1. The van der Waals surface area contributed by atoms with Crippen molar-refractivity contribution in [2.24, 2.45) is 0 Å². The molecule has 0 amide bonds. The van der Waals surface area contributed by atoms with Gasteiger partial charge in [0.05, 0.1) is 13.2 Å². The lowest BCUT2D eigenvalue weighted by molar-refractivity contribution is 0.144. The fourth-order valence-corrected chi connectivity index (χ4v) is 2.26. The molecule has 4 nitrogen and oxygen atoms in total. The van der Waals surface area contributed by atoms with E-state index in [4.69, 9.17) is 9.47 Å². The van der Waals surface area contributed by atoms with Gasteiger partial charge >= 0.3 is 0 Å². The maximum absolute atomic E-state index is 5.73. The number of rotatable bonds is 10. The molecule has 0 radical (unpaired) electrons. The Morgan fingerprint density at radius 3 is 2.60 bits per heavy atom. The quantitative estimate of drug-likeness (QED) is 0.713. The Labute approximate surface area is 123 Å². The number of likely N-dealkylation sites (N-methyl/N-ethyl adjacent to an activating group) is 2. The van der Waals surface area contributed by atoms with Crippen molar-refractivity contribution in [3.05, 3.63) is 29.8 Å². The normalized spacial score (nSPS) is 12.7. The zero-order chi connectivity index (χ0) is 14.8. The number of hydrogen-bond donors (Lipinski definition) is 1. The first-order valence-electron chi connectivity index (χ1n) is 7.37. The molecule has 1 unspecified atom stereocenters. The molecule has 0 heterocycles. The van der Waals surface area contributed by atoms with Gasteiger partial charge in [-0.25, -0.2) is 0 Å². The van der Waals surface area contributed by atoms with Gasteiger partial charge in [-0.2, -0.15) is 0 Å². The van der Waals surface area contributed by atoms with Gasteiger partial charge in [0.2, 0.25) is 0 Å². The van der Waals surface area contributed by atoms with E-state index < -0.39 is 0 Å². The van der Waals surface area contributed by atoms with E-state index in [1.54, 1.807) is 7.11 Å². The van der Waals surface area contributed by atoms with Crippen molar-refractivity contribution < 1.29 is 9.47 Å². The monoisotopic (exact) mass is 280 g/mol. The average molecular weight is 280 g/mol. The number of hydrogen-bond acceptors (Lipinski definition) is 4. The van der Waals surface area contributed by atoms with Crippen LogP contribution in [0.4, 0.5) is 0 Å². The van der Waals surface area contributed by atoms with Crippen LogP contribution in [-0.4, -0.2) is 51.9 Å². The van der Waals surface area contributed by atoms with Gasteiger partial charge in [0.25, 0.3) is 0 Å². The fraction of sp³-hybridized carbons (Fsp3) is 0.625. The van der Waals surface area contributed by atoms with Crippen LogP contribution < -0.4 is 10.1 Å². The highest BCUT2D eigenvalue weighted by Gasteiger charge is 2.17. The van der Waals surface area contributed by atoms with Gasteiger partial charge < -0.3 is 14.8 Å². The lowest BCUT2D eigenvalue weighted by atomic mass is 10.1. The highest BCUT2D eigenvalue weighted by molar-refractivity contribution is 5.36. The molecular formula is C16H28N2O2. The Bertz CT molecular complexity index is 371. The van der Waals surface area contributed by atoms with Gasteiger partial charge in [0, 0.05) is 31.8 Å². The SMILES string of the molecule is CCOc1ccccc1C(CN(CC)CCOC)NC. The van der Waals surface area contributed by atoms with E-state index in [2.05, 4.69) is 29.3 Å². The molecule has 0 fully saturated rings. The van der Waals surface area contributed by atoms with Crippen molar-refractivity contribution >= 4 is 0 Å². The van der Waals surface area contributed by atoms with E-state index in [0.717, 1.165) is 32.0 Å². The summed E-state index contributed by atoms with van der Waals surface area (Å²) < 4.78 is 10.9. The van der Waals surface area contributed by atoms with Crippen LogP contribution in [-0.2, 0) is 4.74 Å². The number of methoxy groups -OCH3 is 1. The Balaban J connectivity index is 2.78. The number of nitrogens with zero attached hydrogens (tertiary/aromatic N) is 1. The standard InChI is InChI=1S/C16H28N2O2/c1-5-18(11-12-19-4)13-15(17-3)14-9-7-8-10-16(14)20-6-2/h7-10,15,17H,5-6,11-13H2,1-4H3. The molecule has 0 aliphatic heterocycles. The molecule has 1 aromatic carbocycles. The van der Waals surface area contributed by atoms with Crippen molar-refractivity contribution in [1.82, 2.24) is 10.2 Å². The van der Waals surface area contributed by atoms with Crippen LogP contribution in [0.3, 0.4) is 0 Å². The Hall–Kier alpha value is -1.10. The minimum Gasteiger partial charge on any atom is -0.494 e. The molecule has 1 atom stereocenters. The summed E-state index contributed by atoms with van der Waals surface area (Å²) in [6.07, 6.45) is 0. The third kappa shape index (κ3) is 5.12. The maximum Gasteiger partial charge on any atom is 0.124 e. The van der Waals surface area contributed by atoms with E-state index in [1.165, 1.54) is 5.56 Å². The van der Waals surface area contributed by atoms with Crippen molar-refractivity contribution in [3.8, 4) is 5.75 Å². The summed E-state index contributed by atoms with van der Waals surface area (Å²) in [6, 6.07) is 8.51. The third-order valence-corrected chi connectivity index (χ3v) is 3.44. The predicted octanol–water partition coefficient (Wildman–Crippen LogP) is 2.31. The van der Waals surface area contributed by atoms with E-state index >= 15 is 0 Å². The fourth-order valence-electron chi connectivity index (χ4n) is 2.26. The minimum absolute atomic E-state index is 0.259. The molecule has 0 aliphatic carbocycles. The van der Waals surface area contributed by atoms with Gasteiger partial charge in [-0.15, -0.1) is 0 Å². The average Bonchev–Trinajstić information content (AvgIpc) is 2.49. The summed E-state index contributed by atoms with van der Waals surface area (Å²) in [4.78, 5) is 2.38. The second kappa shape index (κ2) is 9.75. The maximum atomic E-state index is 5.73. The van der Waals surface area contributed by atoms with Gasteiger partial charge in [-0.05, 0) is 26.6 Å². The van der Waals surface area contributed by atoms with Crippen LogP contribution in [0.25, 0.3) is 0 Å². The second-order valence-corrected chi connectivity index (χ2v) is 4.70. The van der Waals surface area contributed by atoms with E-state index in [9.17, 15) is 0 Å². The van der Waals surface area contributed by atoms with Gasteiger partial charge in [-0.3, -0.25) is 4.90 Å². The zero-order valence-corrected chi connectivity index (χ0v) is 13.2. The summed E-state index contributed by atoms with van der Waals surface area (Å²) >= 11 is 0. The van der Waals surface area contributed by atoms with Gasteiger partial charge in [-0.1, -0.05) is 25.1 Å². The molecule has 0 bridgehead atoms. The molecule has 1 aromatic rings. The zero-order valence-electron chi connectivity index (χ0n) is 13.2. The molecule has 4 heteroatoms. The molecule has 20 heavy (non-hydrogen) atoms. The summed E-state index contributed by atoms with van der Waals surface area (Å²) in [5.74, 6) is 0.970. The smallest absolute Gasteiger partial charge is 0.124 e. The van der Waals surface area contributed by atoms with E-state index in [-0.39, 0.29) is 6.04 Å². The van der Waals surface area contributed by atoms with E-state index in [1.807, 2.05) is 26.1 Å². The minimum atomic E-state index is 0.259. The first kappa shape index (κ1) is 17.0. The molecule has 0 aliphatic rings. The molecular weight excluding hydrogens is 252 g/mol. The largest absolute Gasteiger partial charge is 0.494 e. The lowest BCUT2D eigenvalue weighted by Crippen LogP contribution is -2.36. The van der Waals surface area contributed by atoms with Crippen LogP contribution in [0.1, 0.15) is 25.5 Å². The van der Waals surface area contributed by atoms with Crippen molar-refractivity contribution in [1.29, 1.82) is 0 Å². The second-order valence-electron chi connectivity index (χ2n) is 4.70. The highest BCUT2D eigenvalue weighted by atomic mass is 16.5. The predicted molar refractivity (Wildman–Crippen MR) is 83.4 cm³/mol. The molecule has 114 valence electrons. The first-order chi connectivity index (χ1) is 9.76. The highest BCUT2D eigenvalue weighted by Crippen LogP contribution is 2.25. The van der Waals surface area contributed by atoms with Crippen LogP contribution in [0, 0.1) is 0 Å². The summed E-state index contributed by atoms with van der Waals surface area (Å²) in [5.41, 5.74) is 1.22. The summed E-state index contributed by atoms with van der Waals surface area (Å²) in [7, 11) is 3.74. The van der Waals surface area contributed by atoms with Crippen LogP contribution in [0.5, 0.6) is 5.75 Å². The number of nitrogens with one attached hydrogen (secondary N) is 1. The van der Waals surface area contributed by atoms with Crippen molar-refractivity contribution in [2.45, 2.75) is 19.9 Å². The third-order valence-electron chi connectivity index (χ3n) is 3.44. The van der Waals surface area contributed by atoms with Gasteiger partial charge in [0.1, 0.15) is 5.75 Å². The lowest BCUT2D eigenvalue weighted by Gasteiger charge is -2.27. The molecule has 0 saturated carbocycles. The topological polar surface area (TPSA) is 33.7 Å². The van der Waals surface area contributed by atoms with Crippen LogP contribution in [0.2, 0.25) is 0 Å². The molecule has 0 spiro atoms. The number of ether oxygens (including phenoxy) is 2. The number of benzene rings is 1. The molecule has 1 rings (SSSR count). The Kier molecular flexibility index (Phi) is 8.26. The van der Waals surface area contributed by atoms with Crippen LogP contribution >= 0.6 is 0 Å². The summed E-state index contributed by atoms with van der Waals surface area (Å²) in [5, 5.41) is 3.40. The van der Waals surface area contributed by atoms with Crippen molar-refractivity contribution in [3.63, 3.8) is 0 Å². The molecule has 0 aromatic heterocycles. The van der Waals surface area contributed by atoms with Crippen molar-refractivity contribution in [2.75, 3.05) is 47.0 Å². The molecule has 1 N–H and O–H groups in total. The molecule has 0 saturated heterocycles. The first-order valence-corrected chi connectivity index (χ1v) is 7.37. The van der Waals surface area contributed by atoms with Gasteiger partial charge in [0.15, 0.2) is 0 Å². The Morgan fingerprint density at radius 2 is 2.00 bits per heavy atom. The Morgan fingerprint density at radius 1 is 1.25 bits per heavy atom. The van der Waals surface area contributed by atoms with E-state index in [0.29, 0.717) is 6.61 Å². The summed E-state index contributed by atoms with van der Waals surface area (Å²) in [6.45, 7) is 8.55.